The van der Waals surface area contributed by atoms with E-state index in [1.165, 1.54) is 24.3 Å². The topological polar surface area (TPSA) is 260 Å². The highest BCUT2D eigenvalue weighted by molar-refractivity contribution is 6.32. The van der Waals surface area contributed by atoms with Gasteiger partial charge in [-0.25, -0.2) is 0 Å². The Bertz CT molecular complexity index is 1040. The molecule has 1 aromatic carbocycles. The molecule has 0 saturated carbocycles. The van der Waals surface area contributed by atoms with E-state index in [9.17, 15) is 50.4 Å². The highest BCUT2D eigenvalue weighted by Gasteiger charge is 2.36. The third-order valence-electron chi connectivity index (χ3n) is 6.50. The van der Waals surface area contributed by atoms with Gasteiger partial charge in [-0.3, -0.25) is 9.59 Å². The molecular weight excluding hydrogens is 532 g/mol. The van der Waals surface area contributed by atoms with Crippen LogP contribution in [0.4, 0.5) is 11.4 Å². The first-order valence-corrected chi connectivity index (χ1v) is 12.3. The van der Waals surface area contributed by atoms with Crippen molar-refractivity contribution in [3.63, 3.8) is 0 Å². The molecule has 1 aliphatic carbocycles. The lowest BCUT2D eigenvalue weighted by Gasteiger charge is -2.28. The predicted octanol–water partition coefficient (Wildman–Crippen LogP) is -3.57. The maximum Gasteiger partial charge on any atom is 0.196 e. The highest BCUT2D eigenvalue weighted by Crippen LogP contribution is 2.37. The maximum absolute atomic E-state index is 13.4. The molecule has 0 heterocycles. The summed E-state index contributed by atoms with van der Waals surface area (Å²) in [5, 5.41) is 103. The summed E-state index contributed by atoms with van der Waals surface area (Å²) < 4.78 is 0. The lowest BCUT2D eigenvalue weighted by Crippen LogP contribution is -2.48. The largest absolute Gasteiger partial charge is 0.394 e. The molecule has 0 fully saturated rings. The summed E-state index contributed by atoms with van der Waals surface area (Å²) in [6, 6.07) is 2.69. The Hall–Kier alpha value is -3.02. The van der Waals surface area contributed by atoms with Gasteiger partial charge >= 0.3 is 0 Å². The number of allylic oxidation sites excluding steroid dienone is 4. The summed E-state index contributed by atoms with van der Waals surface area (Å²) in [5.74, 6) is -1.31. The minimum Gasteiger partial charge on any atom is -0.394 e. The van der Waals surface area contributed by atoms with Gasteiger partial charge in [0.25, 0.3) is 0 Å². The van der Waals surface area contributed by atoms with Gasteiger partial charge in [-0.05, 0) is 12.1 Å². The van der Waals surface area contributed by atoms with Gasteiger partial charge in [0, 0.05) is 35.6 Å². The molecule has 14 nitrogen and oxygen atoms in total. The lowest BCUT2D eigenvalue weighted by atomic mass is 9.82. The Balaban J connectivity index is 2.41. The second-order valence-electron chi connectivity index (χ2n) is 9.16. The number of Topliss-reactive ketones (excluding diaryl/α,β-unsaturated/α-hetero) is 2. The first-order chi connectivity index (χ1) is 18.9. The van der Waals surface area contributed by atoms with Crippen molar-refractivity contribution >= 4 is 22.9 Å². The zero-order valence-corrected chi connectivity index (χ0v) is 21.5. The van der Waals surface area contributed by atoms with Crippen LogP contribution in [0.1, 0.15) is 20.7 Å². The molecule has 0 aromatic heterocycles. The Labute approximate surface area is 229 Å². The first-order valence-electron chi connectivity index (χ1n) is 12.3. The number of hydrogen-bond acceptors (Lipinski definition) is 14. The predicted molar refractivity (Wildman–Crippen MR) is 142 cm³/mol. The second-order valence-corrected chi connectivity index (χ2v) is 9.16. The van der Waals surface area contributed by atoms with Crippen molar-refractivity contribution < 1.29 is 60.7 Å². The fourth-order valence-corrected chi connectivity index (χ4v) is 4.09. The van der Waals surface area contributed by atoms with Crippen LogP contribution in [0.2, 0.25) is 0 Å². The van der Waals surface area contributed by atoms with Gasteiger partial charge in [0.2, 0.25) is 0 Å². The number of anilines is 2. The van der Waals surface area contributed by atoms with E-state index in [0.29, 0.717) is 0 Å². The summed E-state index contributed by atoms with van der Waals surface area (Å²) in [6.07, 6.45) is -12.0. The fraction of sp³-hybridized carbons (Fsp3) is 0.462. The standard InChI is InChI=1S/C26H36N2O12/c1-3-11-12(4-2)22(36)20-14(28-8-16(32)24(38)26(40)18(34)10-30)6-5-13(19(20)21(11)35)27-7-15(31)23(37)25(39)17(33)9-29/h3-6,15-18,23-34,37-40H,1-2,7-10H2. The van der Waals surface area contributed by atoms with E-state index >= 15 is 0 Å². The van der Waals surface area contributed by atoms with Crippen molar-refractivity contribution in [2.75, 3.05) is 36.9 Å². The van der Waals surface area contributed by atoms with Crippen LogP contribution in [0.5, 0.6) is 0 Å². The van der Waals surface area contributed by atoms with E-state index in [1.807, 2.05) is 0 Å². The van der Waals surface area contributed by atoms with Gasteiger partial charge in [-0.2, -0.15) is 0 Å². The maximum atomic E-state index is 13.4. The van der Waals surface area contributed by atoms with Crippen molar-refractivity contribution in [1.29, 1.82) is 0 Å². The number of aliphatic hydroxyl groups is 10. The van der Waals surface area contributed by atoms with Crippen molar-refractivity contribution in [3.8, 4) is 0 Å². The molecule has 40 heavy (non-hydrogen) atoms. The van der Waals surface area contributed by atoms with E-state index in [1.54, 1.807) is 0 Å². The van der Waals surface area contributed by atoms with Crippen molar-refractivity contribution in [2.45, 2.75) is 48.8 Å². The monoisotopic (exact) mass is 568 g/mol. The molecule has 0 aliphatic heterocycles. The van der Waals surface area contributed by atoms with E-state index in [2.05, 4.69) is 23.8 Å². The van der Waals surface area contributed by atoms with Crippen LogP contribution in [-0.2, 0) is 0 Å². The summed E-state index contributed by atoms with van der Waals surface area (Å²) >= 11 is 0. The van der Waals surface area contributed by atoms with Crippen LogP contribution in [0.3, 0.4) is 0 Å². The van der Waals surface area contributed by atoms with E-state index < -0.39 is 86.7 Å². The highest BCUT2D eigenvalue weighted by atomic mass is 16.4. The molecule has 2 rings (SSSR count). The van der Waals surface area contributed by atoms with Crippen LogP contribution in [0.25, 0.3) is 0 Å². The van der Waals surface area contributed by atoms with Gasteiger partial charge in [-0.15, -0.1) is 0 Å². The van der Waals surface area contributed by atoms with Crippen LogP contribution in [0.15, 0.2) is 48.6 Å². The number of carbonyl (C=O) groups is 2. The first kappa shape index (κ1) is 33.2. The van der Waals surface area contributed by atoms with Gasteiger partial charge < -0.3 is 61.7 Å². The molecule has 1 aliphatic rings. The molecule has 8 atom stereocenters. The molecule has 222 valence electrons. The molecule has 1 aromatic rings. The summed E-state index contributed by atoms with van der Waals surface area (Å²) in [4.78, 5) is 26.8. The molecule has 0 radical (unpaired) electrons. The Morgan fingerprint density at radius 3 is 1.18 bits per heavy atom. The molecule has 0 amide bonds. The summed E-state index contributed by atoms with van der Waals surface area (Å²) in [5.41, 5.74) is -0.394. The molecule has 0 saturated heterocycles. The minimum atomic E-state index is -1.88. The zero-order valence-electron chi connectivity index (χ0n) is 21.5. The normalized spacial score (nSPS) is 19.6. The van der Waals surface area contributed by atoms with Gasteiger partial charge in [0.05, 0.1) is 36.5 Å². The number of ketones is 2. The molecular formula is C26H36N2O12. The number of rotatable bonds is 16. The van der Waals surface area contributed by atoms with E-state index in [-0.39, 0.29) is 33.6 Å². The van der Waals surface area contributed by atoms with Crippen molar-refractivity contribution in [1.82, 2.24) is 0 Å². The van der Waals surface area contributed by atoms with Gasteiger partial charge in [0.15, 0.2) is 11.6 Å². The van der Waals surface area contributed by atoms with Crippen LogP contribution in [0, 0.1) is 0 Å². The molecule has 8 unspecified atom stereocenters. The smallest absolute Gasteiger partial charge is 0.196 e. The van der Waals surface area contributed by atoms with Crippen molar-refractivity contribution in [2.24, 2.45) is 0 Å². The lowest BCUT2D eigenvalue weighted by molar-refractivity contribution is -0.111. The number of benzene rings is 1. The number of fused-ring (bicyclic) bond motifs is 1. The molecule has 0 spiro atoms. The minimum absolute atomic E-state index is 0.0342. The quantitative estimate of drug-likeness (QED) is 0.0921. The van der Waals surface area contributed by atoms with Crippen LogP contribution < -0.4 is 10.6 Å². The van der Waals surface area contributed by atoms with Crippen molar-refractivity contribution in [3.05, 3.63) is 59.7 Å². The average molecular weight is 569 g/mol. The molecule has 0 bridgehead atoms. The SMILES string of the molecule is C=CC1=C(C=C)C(=O)c2c(NCC(O)C(O)C(O)C(O)CO)ccc(NCC(O)C(O)C(O)C(O)CO)c2C1=O. The Morgan fingerprint density at radius 2 is 0.900 bits per heavy atom. The Kier molecular flexibility index (Phi) is 12.1. The third kappa shape index (κ3) is 7.00. The summed E-state index contributed by atoms with van der Waals surface area (Å²) in [6.45, 7) is 4.47. The number of carbonyl (C=O) groups excluding carboxylic acids is 2. The summed E-state index contributed by atoms with van der Waals surface area (Å²) in [7, 11) is 0. The molecule has 12 N–H and O–H groups in total. The van der Waals surface area contributed by atoms with E-state index in [4.69, 9.17) is 10.2 Å². The number of nitrogens with one attached hydrogen (secondary N) is 2. The number of hydrogen-bond donors (Lipinski definition) is 12. The number of aliphatic hydroxyl groups excluding tert-OH is 10. The zero-order chi connectivity index (χ0) is 30.3. The third-order valence-corrected chi connectivity index (χ3v) is 6.50. The Morgan fingerprint density at radius 1 is 0.600 bits per heavy atom. The second kappa shape index (κ2) is 14.6. The molecule has 14 heteroatoms. The van der Waals surface area contributed by atoms with Gasteiger partial charge in [-0.1, -0.05) is 25.3 Å². The fourth-order valence-electron chi connectivity index (χ4n) is 4.09. The van der Waals surface area contributed by atoms with Crippen LogP contribution in [-0.4, -0.2) is 138 Å². The van der Waals surface area contributed by atoms with Gasteiger partial charge in [0.1, 0.15) is 36.6 Å². The average Bonchev–Trinajstić information content (AvgIpc) is 2.97. The van der Waals surface area contributed by atoms with E-state index in [0.717, 1.165) is 0 Å². The van der Waals surface area contributed by atoms with Crippen LogP contribution >= 0.6 is 0 Å².